The van der Waals surface area contributed by atoms with Crippen LogP contribution in [0.3, 0.4) is 0 Å². The highest BCUT2D eigenvalue weighted by molar-refractivity contribution is 5.89. The van der Waals surface area contributed by atoms with Crippen LogP contribution in [0.2, 0.25) is 0 Å². The summed E-state index contributed by atoms with van der Waals surface area (Å²) in [5.41, 5.74) is 1.56. The van der Waals surface area contributed by atoms with Gasteiger partial charge in [0.15, 0.2) is 0 Å². The number of esters is 1. The van der Waals surface area contributed by atoms with Gasteiger partial charge >= 0.3 is 5.97 Å². The number of methoxy groups -OCH3 is 1. The Bertz CT molecular complexity index is 608. The lowest BCUT2D eigenvalue weighted by Gasteiger charge is -2.06. The van der Waals surface area contributed by atoms with E-state index in [1.807, 2.05) is 12.1 Å². The first-order valence-corrected chi connectivity index (χ1v) is 6.95. The van der Waals surface area contributed by atoms with Crippen molar-refractivity contribution in [2.75, 3.05) is 13.7 Å². The van der Waals surface area contributed by atoms with Crippen LogP contribution in [0.1, 0.15) is 22.3 Å². The molecule has 2 rings (SSSR count). The number of hydrogen-bond donors (Lipinski definition) is 1. The van der Waals surface area contributed by atoms with Crippen molar-refractivity contribution < 1.29 is 14.3 Å². The number of amides is 1. The maximum Gasteiger partial charge on any atom is 0.337 e. The lowest BCUT2D eigenvalue weighted by atomic mass is 10.1. The van der Waals surface area contributed by atoms with Crippen molar-refractivity contribution in [3.63, 3.8) is 0 Å². The van der Waals surface area contributed by atoms with Crippen LogP contribution >= 0.6 is 0 Å². The molecule has 116 valence electrons. The molecule has 0 bridgehead atoms. The van der Waals surface area contributed by atoms with Gasteiger partial charge < -0.3 is 10.1 Å². The van der Waals surface area contributed by atoms with E-state index >= 15 is 0 Å². The molecule has 0 aliphatic rings. The number of aryl methyl sites for hydroxylation is 1. The van der Waals surface area contributed by atoms with Gasteiger partial charge in [-0.2, -0.15) is 5.10 Å². The summed E-state index contributed by atoms with van der Waals surface area (Å²) < 4.78 is 6.25. The number of rotatable bonds is 7. The number of ether oxygens (including phenoxy) is 1. The number of nitrogens with one attached hydrogen (secondary N) is 1. The Hall–Kier alpha value is -2.70. The summed E-state index contributed by atoms with van der Waals surface area (Å²) in [6.07, 6.45) is 4.09. The Balaban J connectivity index is 1.69. The predicted molar refractivity (Wildman–Crippen MR) is 79.1 cm³/mol. The number of nitrogens with zero attached hydrogens (tertiary/aromatic N) is 3. The highest BCUT2D eigenvalue weighted by Gasteiger charge is 2.05. The van der Waals surface area contributed by atoms with Gasteiger partial charge in [0.2, 0.25) is 5.91 Å². The van der Waals surface area contributed by atoms with E-state index in [0.29, 0.717) is 31.5 Å². The summed E-state index contributed by atoms with van der Waals surface area (Å²) >= 11 is 0. The smallest absolute Gasteiger partial charge is 0.337 e. The largest absolute Gasteiger partial charge is 0.465 e. The Morgan fingerprint density at radius 1 is 1.27 bits per heavy atom. The van der Waals surface area contributed by atoms with Crippen molar-refractivity contribution in [1.82, 2.24) is 20.1 Å². The second-order valence-corrected chi connectivity index (χ2v) is 4.70. The molecule has 7 heteroatoms. The van der Waals surface area contributed by atoms with Crippen molar-refractivity contribution in [2.24, 2.45) is 0 Å². The van der Waals surface area contributed by atoms with Gasteiger partial charge in [0.25, 0.3) is 0 Å². The van der Waals surface area contributed by atoms with Crippen molar-refractivity contribution in [2.45, 2.75) is 19.4 Å². The van der Waals surface area contributed by atoms with E-state index in [2.05, 4.69) is 20.1 Å². The summed E-state index contributed by atoms with van der Waals surface area (Å²) in [7, 11) is 1.35. The van der Waals surface area contributed by atoms with Crippen LogP contribution in [0.15, 0.2) is 36.9 Å². The molecule has 1 N–H and O–H groups in total. The van der Waals surface area contributed by atoms with Crippen LogP contribution in [-0.2, 0) is 22.5 Å². The fraction of sp³-hybridized carbons (Fsp3) is 0.333. The normalized spacial score (nSPS) is 10.2. The van der Waals surface area contributed by atoms with E-state index in [4.69, 9.17) is 0 Å². The average Bonchev–Trinajstić information content (AvgIpc) is 3.06. The molecule has 1 aromatic heterocycles. The van der Waals surface area contributed by atoms with Crippen LogP contribution in [-0.4, -0.2) is 40.3 Å². The van der Waals surface area contributed by atoms with Gasteiger partial charge in [0, 0.05) is 13.0 Å². The molecule has 1 aromatic carbocycles. The van der Waals surface area contributed by atoms with Crippen LogP contribution in [0.25, 0.3) is 0 Å². The minimum Gasteiger partial charge on any atom is -0.465 e. The van der Waals surface area contributed by atoms with Gasteiger partial charge in [-0.15, -0.1) is 0 Å². The van der Waals surface area contributed by atoms with Gasteiger partial charge in [-0.3, -0.25) is 9.48 Å². The third-order valence-electron chi connectivity index (χ3n) is 3.15. The summed E-state index contributed by atoms with van der Waals surface area (Å²) in [6.45, 7) is 1.06. The fourth-order valence-corrected chi connectivity index (χ4v) is 1.92. The van der Waals surface area contributed by atoms with Gasteiger partial charge in [-0.1, -0.05) is 12.1 Å². The number of carbonyl (C=O) groups excluding carboxylic acids is 2. The van der Waals surface area contributed by atoms with Crippen LogP contribution in [0.4, 0.5) is 0 Å². The Morgan fingerprint density at radius 2 is 2.05 bits per heavy atom. The summed E-state index contributed by atoms with van der Waals surface area (Å²) in [5, 5.41) is 6.78. The molecule has 0 fully saturated rings. The van der Waals surface area contributed by atoms with E-state index in [-0.39, 0.29) is 11.9 Å². The SMILES string of the molecule is COC(=O)c1ccc(CCNC(=O)CCn2cncn2)cc1. The summed E-state index contributed by atoms with van der Waals surface area (Å²) in [5.74, 6) is -0.380. The first-order chi connectivity index (χ1) is 10.7. The third-order valence-corrected chi connectivity index (χ3v) is 3.15. The molecule has 0 spiro atoms. The molecule has 0 saturated heterocycles. The maximum absolute atomic E-state index is 11.7. The molecule has 0 unspecified atom stereocenters. The zero-order chi connectivity index (χ0) is 15.8. The van der Waals surface area contributed by atoms with Crippen molar-refractivity contribution in [1.29, 1.82) is 0 Å². The maximum atomic E-state index is 11.7. The highest BCUT2D eigenvalue weighted by atomic mass is 16.5. The Labute approximate surface area is 128 Å². The summed E-state index contributed by atoms with van der Waals surface area (Å²) in [6, 6.07) is 7.14. The van der Waals surface area contributed by atoms with E-state index in [0.717, 1.165) is 5.56 Å². The molecule has 0 saturated carbocycles. The lowest BCUT2D eigenvalue weighted by Crippen LogP contribution is -2.26. The number of hydrogen-bond acceptors (Lipinski definition) is 5. The van der Waals surface area contributed by atoms with Gasteiger partial charge in [-0.05, 0) is 24.1 Å². The monoisotopic (exact) mass is 302 g/mol. The Morgan fingerprint density at radius 3 is 2.68 bits per heavy atom. The first-order valence-electron chi connectivity index (χ1n) is 6.95. The number of benzene rings is 1. The second kappa shape index (κ2) is 7.92. The molecule has 22 heavy (non-hydrogen) atoms. The molecule has 0 radical (unpaired) electrons. The predicted octanol–water partition coefficient (Wildman–Crippen LogP) is 0.814. The van der Waals surface area contributed by atoms with Crippen LogP contribution in [0.5, 0.6) is 0 Å². The molecule has 0 aliphatic carbocycles. The zero-order valence-corrected chi connectivity index (χ0v) is 12.4. The average molecular weight is 302 g/mol. The molecular weight excluding hydrogens is 284 g/mol. The van der Waals surface area contributed by atoms with Crippen molar-refractivity contribution >= 4 is 11.9 Å². The number of aromatic nitrogens is 3. The minimum atomic E-state index is -0.354. The van der Waals surface area contributed by atoms with E-state index < -0.39 is 0 Å². The van der Waals surface area contributed by atoms with Crippen molar-refractivity contribution in [3.05, 3.63) is 48.0 Å². The van der Waals surface area contributed by atoms with E-state index in [1.54, 1.807) is 23.1 Å². The van der Waals surface area contributed by atoms with Gasteiger partial charge in [0.1, 0.15) is 12.7 Å². The van der Waals surface area contributed by atoms with Gasteiger partial charge in [0.05, 0.1) is 19.2 Å². The van der Waals surface area contributed by atoms with E-state index in [1.165, 1.54) is 13.4 Å². The first kappa shape index (κ1) is 15.7. The third kappa shape index (κ3) is 4.69. The molecule has 1 heterocycles. The number of carbonyl (C=O) groups is 2. The van der Waals surface area contributed by atoms with Gasteiger partial charge in [-0.25, -0.2) is 9.78 Å². The summed E-state index contributed by atoms with van der Waals surface area (Å²) in [4.78, 5) is 26.8. The zero-order valence-electron chi connectivity index (χ0n) is 12.4. The quantitative estimate of drug-likeness (QED) is 0.765. The van der Waals surface area contributed by atoms with Crippen LogP contribution < -0.4 is 5.32 Å². The molecule has 1 amide bonds. The molecular formula is C15H18N4O3. The lowest BCUT2D eigenvalue weighted by molar-refractivity contribution is -0.121. The minimum absolute atomic E-state index is 0.0262. The molecule has 7 nitrogen and oxygen atoms in total. The van der Waals surface area contributed by atoms with Crippen molar-refractivity contribution in [3.8, 4) is 0 Å². The second-order valence-electron chi connectivity index (χ2n) is 4.70. The molecule has 2 aromatic rings. The van der Waals surface area contributed by atoms with E-state index in [9.17, 15) is 9.59 Å². The molecule has 0 aliphatic heterocycles. The highest BCUT2D eigenvalue weighted by Crippen LogP contribution is 2.06. The topological polar surface area (TPSA) is 86.1 Å². The standard InChI is InChI=1S/C15H18N4O3/c1-22-15(21)13-4-2-12(3-5-13)6-8-17-14(20)7-9-19-11-16-10-18-19/h2-5,10-11H,6-9H2,1H3,(H,17,20). The van der Waals surface area contributed by atoms with Crippen LogP contribution in [0, 0.1) is 0 Å². The fourth-order valence-electron chi connectivity index (χ4n) is 1.92. The molecule has 0 atom stereocenters. The Kier molecular flexibility index (Phi) is 5.65.